The van der Waals surface area contributed by atoms with Crippen molar-refractivity contribution in [2.45, 2.75) is 26.3 Å². The summed E-state index contributed by atoms with van der Waals surface area (Å²) in [5.74, 6) is 0.949. The zero-order valence-electron chi connectivity index (χ0n) is 18.2. The minimum atomic E-state index is -0.328. The van der Waals surface area contributed by atoms with Gasteiger partial charge in [-0.3, -0.25) is 4.79 Å². The van der Waals surface area contributed by atoms with E-state index < -0.39 is 0 Å². The lowest BCUT2D eigenvalue weighted by atomic mass is 10.0. The van der Waals surface area contributed by atoms with Crippen LogP contribution in [-0.4, -0.2) is 37.0 Å². The lowest BCUT2D eigenvalue weighted by Crippen LogP contribution is -2.24. The van der Waals surface area contributed by atoms with Crippen molar-refractivity contribution >= 4 is 5.91 Å². The molecule has 1 amide bonds. The van der Waals surface area contributed by atoms with Gasteiger partial charge in [-0.15, -0.1) is 0 Å². The average molecular weight is 427 g/mol. The molecule has 0 bridgehead atoms. The molecule has 0 aliphatic heterocycles. The third-order valence-corrected chi connectivity index (χ3v) is 4.85. The fourth-order valence-electron chi connectivity index (χ4n) is 3.39. The van der Waals surface area contributed by atoms with Crippen LogP contribution in [0.5, 0.6) is 17.2 Å². The number of aromatic nitrogens is 2. The first-order chi connectivity index (χ1) is 14.9. The van der Waals surface area contributed by atoms with Crippen LogP contribution in [0.1, 0.15) is 41.4 Å². The molecule has 0 fully saturated rings. The minimum absolute atomic E-state index is 0.0227. The molecular formula is C23H26FN3O4. The highest BCUT2D eigenvalue weighted by Crippen LogP contribution is 2.38. The van der Waals surface area contributed by atoms with Crippen molar-refractivity contribution in [3.63, 3.8) is 0 Å². The molecule has 7 nitrogen and oxygen atoms in total. The van der Waals surface area contributed by atoms with E-state index in [0.29, 0.717) is 28.5 Å². The SMILES string of the molecule is COc1cc(CNC(=O)c2cnn(-c3ccc(F)cc3)c2C(C)C)cc(OC)c1OC. The topological polar surface area (TPSA) is 74.6 Å². The average Bonchev–Trinajstić information content (AvgIpc) is 3.22. The van der Waals surface area contributed by atoms with Gasteiger partial charge in [0.05, 0.1) is 44.5 Å². The van der Waals surface area contributed by atoms with Crippen LogP contribution >= 0.6 is 0 Å². The molecule has 0 saturated carbocycles. The smallest absolute Gasteiger partial charge is 0.255 e. The van der Waals surface area contributed by atoms with Crippen LogP contribution in [0.4, 0.5) is 4.39 Å². The molecule has 8 heteroatoms. The van der Waals surface area contributed by atoms with E-state index in [1.54, 1.807) is 43.2 Å². The largest absolute Gasteiger partial charge is 0.493 e. The number of methoxy groups -OCH3 is 3. The fraction of sp³-hybridized carbons (Fsp3) is 0.304. The summed E-state index contributed by atoms with van der Waals surface area (Å²) in [6.45, 7) is 4.22. The number of halogens is 1. The standard InChI is InChI=1S/C23H26FN3O4/c1-14(2)21-18(13-26-27(21)17-8-6-16(24)7-9-17)23(28)25-12-15-10-19(29-3)22(31-5)20(11-15)30-4/h6-11,13-14H,12H2,1-5H3,(H,25,28). The first-order valence-corrected chi connectivity index (χ1v) is 9.80. The summed E-state index contributed by atoms with van der Waals surface area (Å²) < 4.78 is 31.0. The molecule has 0 saturated heterocycles. The van der Waals surface area contributed by atoms with Crippen LogP contribution in [0, 0.1) is 5.82 Å². The van der Waals surface area contributed by atoms with E-state index in [-0.39, 0.29) is 24.2 Å². The Bertz CT molecular complexity index is 1040. The van der Waals surface area contributed by atoms with Crippen molar-refractivity contribution in [3.8, 4) is 22.9 Å². The van der Waals surface area contributed by atoms with E-state index in [2.05, 4.69) is 10.4 Å². The van der Waals surface area contributed by atoms with Gasteiger partial charge in [-0.2, -0.15) is 5.10 Å². The van der Waals surface area contributed by atoms with Crippen LogP contribution in [0.3, 0.4) is 0 Å². The van der Waals surface area contributed by atoms with Crippen molar-refractivity contribution in [2.24, 2.45) is 0 Å². The Morgan fingerprint density at radius 2 is 1.68 bits per heavy atom. The molecule has 0 unspecified atom stereocenters. The fourth-order valence-corrected chi connectivity index (χ4v) is 3.39. The van der Waals surface area contributed by atoms with Crippen LogP contribution in [0.2, 0.25) is 0 Å². The van der Waals surface area contributed by atoms with Gasteiger partial charge >= 0.3 is 0 Å². The van der Waals surface area contributed by atoms with E-state index >= 15 is 0 Å². The molecule has 1 aromatic heterocycles. The molecule has 3 rings (SSSR count). The lowest BCUT2D eigenvalue weighted by Gasteiger charge is -2.15. The van der Waals surface area contributed by atoms with Crippen LogP contribution < -0.4 is 19.5 Å². The molecular weight excluding hydrogens is 401 g/mol. The van der Waals surface area contributed by atoms with Crippen molar-refractivity contribution in [1.82, 2.24) is 15.1 Å². The number of amides is 1. The molecule has 1 N–H and O–H groups in total. The first kappa shape index (κ1) is 22.1. The molecule has 164 valence electrons. The Balaban J connectivity index is 1.85. The number of benzene rings is 2. The summed E-state index contributed by atoms with van der Waals surface area (Å²) in [6, 6.07) is 9.56. The van der Waals surface area contributed by atoms with Gasteiger partial charge in [-0.25, -0.2) is 9.07 Å². The Morgan fingerprint density at radius 3 is 2.19 bits per heavy atom. The quantitative estimate of drug-likeness (QED) is 0.586. The number of rotatable bonds is 8. The Labute approximate surface area is 180 Å². The molecule has 0 spiro atoms. The highest BCUT2D eigenvalue weighted by Gasteiger charge is 2.21. The number of nitrogens with zero attached hydrogens (tertiary/aromatic N) is 2. The van der Waals surface area contributed by atoms with Crippen LogP contribution in [-0.2, 0) is 6.54 Å². The number of carbonyl (C=O) groups is 1. The van der Waals surface area contributed by atoms with E-state index in [9.17, 15) is 9.18 Å². The summed E-state index contributed by atoms with van der Waals surface area (Å²) >= 11 is 0. The second-order valence-electron chi connectivity index (χ2n) is 7.20. The summed E-state index contributed by atoms with van der Waals surface area (Å²) in [6.07, 6.45) is 1.53. The first-order valence-electron chi connectivity index (χ1n) is 9.80. The maximum atomic E-state index is 13.3. The van der Waals surface area contributed by atoms with Gasteiger partial charge in [0.1, 0.15) is 5.82 Å². The summed E-state index contributed by atoms with van der Waals surface area (Å²) in [4.78, 5) is 13.0. The maximum Gasteiger partial charge on any atom is 0.255 e. The number of hydrogen-bond donors (Lipinski definition) is 1. The summed E-state index contributed by atoms with van der Waals surface area (Å²) in [5.41, 5.74) is 2.69. The van der Waals surface area contributed by atoms with Gasteiger partial charge < -0.3 is 19.5 Å². The third kappa shape index (κ3) is 4.63. The van der Waals surface area contributed by atoms with E-state index in [0.717, 1.165) is 11.3 Å². The highest BCUT2D eigenvalue weighted by molar-refractivity contribution is 5.95. The number of hydrogen-bond acceptors (Lipinski definition) is 5. The zero-order chi connectivity index (χ0) is 22.5. The third-order valence-electron chi connectivity index (χ3n) is 4.85. The molecule has 31 heavy (non-hydrogen) atoms. The maximum absolute atomic E-state index is 13.3. The number of ether oxygens (including phenoxy) is 3. The predicted octanol–water partition coefficient (Wildman–Crippen LogP) is 4.09. The number of nitrogens with one attached hydrogen (secondary N) is 1. The summed E-state index contributed by atoms with van der Waals surface area (Å²) in [5, 5.41) is 7.29. The van der Waals surface area contributed by atoms with E-state index in [1.165, 1.54) is 25.4 Å². The molecule has 2 aromatic carbocycles. The van der Waals surface area contributed by atoms with E-state index in [1.807, 2.05) is 13.8 Å². The predicted molar refractivity (Wildman–Crippen MR) is 115 cm³/mol. The minimum Gasteiger partial charge on any atom is -0.493 e. The molecule has 0 atom stereocenters. The van der Waals surface area contributed by atoms with Gasteiger partial charge in [0, 0.05) is 6.54 Å². The Hall–Kier alpha value is -3.55. The van der Waals surface area contributed by atoms with Gasteiger partial charge in [-0.1, -0.05) is 13.8 Å². The Kier molecular flexibility index (Phi) is 6.79. The molecule has 3 aromatic rings. The monoisotopic (exact) mass is 427 g/mol. The van der Waals surface area contributed by atoms with Crippen molar-refractivity contribution in [3.05, 3.63) is 65.2 Å². The van der Waals surface area contributed by atoms with Crippen molar-refractivity contribution < 1.29 is 23.4 Å². The van der Waals surface area contributed by atoms with Crippen LogP contribution in [0.25, 0.3) is 5.69 Å². The highest BCUT2D eigenvalue weighted by atomic mass is 19.1. The molecule has 0 aliphatic carbocycles. The molecule has 0 radical (unpaired) electrons. The van der Waals surface area contributed by atoms with Gasteiger partial charge in [0.2, 0.25) is 5.75 Å². The van der Waals surface area contributed by atoms with Crippen molar-refractivity contribution in [2.75, 3.05) is 21.3 Å². The number of carbonyl (C=O) groups excluding carboxylic acids is 1. The van der Waals surface area contributed by atoms with Gasteiger partial charge in [0.25, 0.3) is 5.91 Å². The van der Waals surface area contributed by atoms with Crippen molar-refractivity contribution in [1.29, 1.82) is 0 Å². The van der Waals surface area contributed by atoms with Gasteiger partial charge in [0.15, 0.2) is 11.5 Å². The molecule has 1 heterocycles. The van der Waals surface area contributed by atoms with Gasteiger partial charge in [-0.05, 0) is 47.9 Å². The second-order valence-corrected chi connectivity index (χ2v) is 7.20. The Morgan fingerprint density at radius 1 is 1.06 bits per heavy atom. The zero-order valence-corrected chi connectivity index (χ0v) is 18.2. The van der Waals surface area contributed by atoms with E-state index in [4.69, 9.17) is 14.2 Å². The normalized spacial score (nSPS) is 10.8. The molecule has 0 aliphatic rings. The second kappa shape index (κ2) is 9.51. The lowest BCUT2D eigenvalue weighted by molar-refractivity contribution is 0.0949. The van der Waals surface area contributed by atoms with Crippen LogP contribution in [0.15, 0.2) is 42.6 Å². The summed E-state index contributed by atoms with van der Waals surface area (Å²) in [7, 11) is 4.62.